The minimum Gasteiger partial charge on any atom is -0.453 e. The van der Waals surface area contributed by atoms with E-state index in [0.29, 0.717) is 0 Å². The van der Waals surface area contributed by atoms with Crippen LogP contribution in [0.4, 0.5) is 4.79 Å². The van der Waals surface area contributed by atoms with Gasteiger partial charge in [0.05, 0.1) is 19.3 Å². The number of rotatable bonds is 5. The van der Waals surface area contributed by atoms with E-state index in [1.54, 1.807) is 20.8 Å². The first-order valence-electron chi connectivity index (χ1n) is 9.56. The van der Waals surface area contributed by atoms with Crippen LogP contribution >= 0.6 is 0 Å². The summed E-state index contributed by atoms with van der Waals surface area (Å²) in [5.74, 6) is -0.864. The summed E-state index contributed by atoms with van der Waals surface area (Å²) in [4.78, 5) is 46.8. The number of hydrogen-bond donors (Lipinski definition) is 4. The van der Waals surface area contributed by atoms with Gasteiger partial charge in [0.25, 0.3) is 5.56 Å². The average Bonchev–Trinajstić information content (AvgIpc) is 3.22. The quantitative estimate of drug-likeness (QED) is 0.431. The number of amides is 1. The van der Waals surface area contributed by atoms with Gasteiger partial charge in [-0.2, -0.15) is 0 Å². The highest BCUT2D eigenvalue weighted by molar-refractivity contribution is 5.81. The van der Waals surface area contributed by atoms with Crippen LogP contribution in [0.1, 0.15) is 33.9 Å². The molecule has 0 bridgehead atoms. The van der Waals surface area contributed by atoms with E-state index in [4.69, 9.17) is 14.2 Å². The number of aromatic amines is 1. The van der Waals surface area contributed by atoms with Crippen LogP contribution in [0.25, 0.3) is 11.2 Å². The lowest BCUT2D eigenvalue weighted by Gasteiger charge is -2.25. The Balaban J connectivity index is 1.80. The monoisotopic (exact) mass is 439 g/mol. The smallest absolute Gasteiger partial charge is 0.408 e. The van der Waals surface area contributed by atoms with Crippen molar-refractivity contribution >= 4 is 23.2 Å². The lowest BCUT2D eigenvalue weighted by molar-refractivity contribution is -0.160. The molecule has 0 aromatic carbocycles. The van der Waals surface area contributed by atoms with E-state index in [2.05, 4.69) is 20.3 Å². The van der Waals surface area contributed by atoms with Gasteiger partial charge in [-0.25, -0.2) is 19.6 Å². The molecule has 1 saturated heterocycles. The van der Waals surface area contributed by atoms with Gasteiger partial charge in [-0.05, 0) is 27.7 Å². The fraction of sp³-hybridized carbons (Fsp3) is 0.611. The number of aromatic nitrogens is 4. The molecule has 3 heterocycles. The van der Waals surface area contributed by atoms with Crippen molar-refractivity contribution in [3.63, 3.8) is 0 Å². The largest absolute Gasteiger partial charge is 0.453 e. The van der Waals surface area contributed by atoms with E-state index in [1.165, 1.54) is 24.1 Å². The van der Waals surface area contributed by atoms with Gasteiger partial charge in [-0.15, -0.1) is 0 Å². The number of carbonyl (C=O) groups excluding carboxylic acids is 2. The number of esters is 1. The highest BCUT2D eigenvalue weighted by Crippen LogP contribution is 2.33. The molecule has 31 heavy (non-hydrogen) atoms. The fourth-order valence-electron chi connectivity index (χ4n) is 3.05. The summed E-state index contributed by atoms with van der Waals surface area (Å²) in [7, 11) is 0. The van der Waals surface area contributed by atoms with Gasteiger partial charge in [0.15, 0.2) is 23.5 Å². The van der Waals surface area contributed by atoms with E-state index in [1.807, 2.05) is 0 Å². The summed E-state index contributed by atoms with van der Waals surface area (Å²) < 4.78 is 17.5. The molecule has 5 atom stereocenters. The molecule has 13 heteroatoms. The van der Waals surface area contributed by atoms with Crippen LogP contribution in [0.3, 0.4) is 0 Å². The number of H-pyrrole nitrogens is 1. The predicted molar refractivity (Wildman–Crippen MR) is 104 cm³/mol. The number of imidazole rings is 1. The third kappa shape index (κ3) is 4.84. The van der Waals surface area contributed by atoms with E-state index >= 15 is 0 Å². The Morgan fingerprint density at radius 2 is 2.10 bits per heavy atom. The van der Waals surface area contributed by atoms with Crippen LogP contribution in [-0.2, 0) is 19.0 Å². The Morgan fingerprint density at radius 3 is 2.74 bits per heavy atom. The molecule has 2 aromatic heterocycles. The number of carbonyl (C=O) groups is 2. The summed E-state index contributed by atoms with van der Waals surface area (Å²) in [6.45, 7) is 5.88. The molecule has 3 rings (SSSR count). The van der Waals surface area contributed by atoms with Crippen LogP contribution in [0.5, 0.6) is 0 Å². The van der Waals surface area contributed by atoms with Gasteiger partial charge in [-0.1, -0.05) is 0 Å². The molecule has 0 unspecified atom stereocenters. The normalized spacial score (nSPS) is 24.7. The second kappa shape index (κ2) is 8.61. The summed E-state index contributed by atoms with van der Waals surface area (Å²) in [5.41, 5.74) is -1.07. The van der Waals surface area contributed by atoms with Crippen molar-refractivity contribution in [3.05, 3.63) is 23.0 Å². The predicted octanol–water partition coefficient (Wildman–Crippen LogP) is -0.805. The first-order chi connectivity index (χ1) is 14.5. The lowest BCUT2D eigenvalue weighted by Crippen LogP contribution is -2.45. The maximum absolute atomic E-state index is 12.6. The van der Waals surface area contributed by atoms with Gasteiger partial charge < -0.3 is 34.7 Å². The van der Waals surface area contributed by atoms with Gasteiger partial charge >= 0.3 is 12.1 Å². The topological polar surface area (TPSA) is 178 Å². The van der Waals surface area contributed by atoms with Crippen LogP contribution in [-0.4, -0.2) is 78.4 Å². The molecule has 0 radical (unpaired) electrons. The van der Waals surface area contributed by atoms with Gasteiger partial charge in [-0.3, -0.25) is 9.36 Å². The van der Waals surface area contributed by atoms with Gasteiger partial charge in [0.1, 0.15) is 23.9 Å². The number of alkyl carbamates (subject to hydrolysis) is 1. The fourth-order valence-corrected chi connectivity index (χ4v) is 3.05. The van der Waals surface area contributed by atoms with E-state index < -0.39 is 60.4 Å². The second-order valence-corrected chi connectivity index (χ2v) is 8.06. The van der Waals surface area contributed by atoms with Crippen molar-refractivity contribution in [3.8, 4) is 0 Å². The van der Waals surface area contributed by atoms with Crippen molar-refractivity contribution in [2.75, 3.05) is 6.61 Å². The minimum atomic E-state index is -1.38. The standard InChI is InChI=1S/C18H25N5O8/c1-8(22-17(28)31-18(2,3)4)16(27)30-12-11(25)9(5-24)29-15(12)23-7-21-10-13(23)19-6-20-14(10)26/h6-9,11-12,15,24-25H,5H2,1-4H3,(H,22,28)(H,19,20,26)/t8-,9+,11+,12+,15+/m0/s1. The Morgan fingerprint density at radius 1 is 1.39 bits per heavy atom. The number of aliphatic hydroxyl groups excluding tert-OH is 2. The number of hydrogen-bond acceptors (Lipinski definition) is 10. The average molecular weight is 439 g/mol. The minimum absolute atomic E-state index is 0.0260. The van der Waals surface area contributed by atoms with Crippen LogP contribution < -0.4 is 10.9 Å². The van der Waals surface area contributed by atoms with Crippen molar-refractivity contribution in [1.29, 1.82) is 0 Å². The van der Waals surface area contributed by atoms with Crippen molar-refractivity contribution < 1.29 is 34.0 Å². The number of nitrogens with zero attached hydrogens (tertiary/aromatic N) is 3. The van der Waals surface area contributed by atoms with E-state index in [9.17, 15) is 24.6 Å². The summed E-state index contributed by atoms with van der Waals surface area (Å²) in [6.07, 6.45) is -3.22. The third-order valence-corrected chi connectivity index (χ3v) is 4.47. The molecule has 170 valence electrons. The first kappa shape index (κ1) is 22.7. The Hall–Kier alpha value is -3.03. The first-order valence-corrected chi connectivity index (χ1v) is 9.56. The highest BCUT2D eigenvalue weighted by Gasteiger charge is 2.48. The summed E-state index contributed by atoms with van der Waals surface area (Å²) in [6, 6.07) is -1.10. The molecule has 2 aromatic rings. The molecule has 4 N–H and O–H groups in total. The zero-order chi connectivity index (χ0) is 22.9. The van der Waals surface area contributed by atoms with Crippen LogP contribution in [0, 0.1) is 0 Å². The molecule has 0 saturated carbocycles. The molecule has 1 fully saturated rings. The Labute approximate surface area is 176 Å². The number of fused-ring (bicyclic) bond motifs is 1. The zero-order valence-electron chi connectivity index (χ0n) is 17.4. The van der Waals surface area contributed by atoms with E-state index in [0.717, 1.165) is 0 Å². The number of ether oxygens (including phenoxy) is 3. The third-order valence-electron chi connectivity index (χ3n) is 4.47. The molecular weight excluding hydrogens is 414 g/mol. The van der Waals surface area contributed by atoms with Gasteiger partial charge in [0.2, 0.25) is 0 Å². The molecule has 13 nitrogen and oxygen atoms in total. The molecule has 1 aliphatic heterocycles. The molecular formula is C18H25N5O8. The maximum Gasteiger partial charge on any atom is 0.408 e. The summed E-state index contributed by atoms with van der Waals surface area (Å²) in [5, 5.41) is 22.4. The van der Waals surface area contributed by atoms with Crippen LogP contribution in [0.15, 0.2) is 17.4 Å². The SMILES string of the molecule is C[C@H](NC(=O)OC(C)(C)C)C(=O)O[C@@H]1[C@H](O)[C@@H](CO)O[C@H]1n1cnc2c(=O)[nH]cnc21. The maximum atomic E-state index is 12.6. The Kier molecular flexibility index (Phi) is 6.29. The number of nitrogens with one attached hydrogen (secondary N) is 2. The molecule has 0 spiro atoms. The number of aliphatic hydroxyl groups is 2. The van der Waals surface area contributed by atoms with Crippen molar-refractivity contribution in [1.82, 2.24) is 24.8 Å². The molecule has 0 aliphatic carbocycles. The van der Waals surface area contributed by atoms with Crippen molar-refractivity contribution in [2.45, 2.75) is 63.9 Å². The second-order valence-electron chi connectivity index (χ2n) is 8.06. The van der Waals surface area contributed by atoms with Crippen LogP contribution in [0.2, 0.25) is 0 Å². The molecule has 1 aliphatic rings. The van der Waals surface area contributed by atoms with E-state index in [-0.39, 0.29) is 11.2 Å². The van der Waals surface area contributed by atoms with Crippen molar-refractivity contribution in [2.24, 2.45) is 0 Å². The molecule has 1 amide bonds. The highest BCUT2D eigenvalue weighted by atomic mass is 16.6. The summed E-state index contributed by atoms with van der Waals surface area (Å²) >= 11 is 0. The lowest BCUT2D eigenvalue weighted by atomic mass is 10.1. The van der Waals surface area contributed by atoms with Gasteiger partial charge in [0, 0.05) is 0 Å². The Bertz CT molecular complexity index is 1010. The zero-order valence-corrected chi connectivity index (χ0v) is 17.4.